The zero-order chi connectivity index (χ0) is 20.2. The van der Waals surface area contributed by atoms with Gasteiger partial charge in [-0.05, 0) is 35.2 Å². The minimum atomic E-state index is -0.125. The van der Waals surface area contributed by atoms with Crippen LogP contribution in [0.1, 0.15) is 52.7 Å². The fourth-order valence-corrected chi connectivity index (χ4v) is 2.96. The molecule has 0 fully saturated rings. The lowest BCUT2D eigenvalue weighted by Crippen LogP contribution is -2.22. The number of aromatic amines is 1. The Morgan fingerprint density at radius 1 is 1.04 bits per heavy atom. The molecule has 150 valence electrons. The van der Waals surface area contributed by atoms with E-state index in [2.05, 4.69) is 63.8 Å². The van der Waals surface area contributed by atoms with Crippen LogP contribution >= 0.6 is 12.2 Å². The summed E-state index contributed by atoms with van der Waals surface area (Å²) in [4.78, 5) is 4.14. The van der Waals surface area contributed by atoms with Gasteiger partial charge in [-0.3, -0.25) is 5.10 Å². The maximum absolute atomic E-state index is 6.13. The second-order valence-corrected chi connectivity index (χ2v) is 8.90. The van der Waals surface area contributed by atoms with Crippen molar-refractivity contribution in [3.63, 3.8) is 0 Å². The SMILES string of the molecule is COCCOCOc1c(C(C)(C)C)cc(-n2[nH]cnc2=S)cc1C(C)(C)C. The van der Waals surface area contributed by atoms with Crippen molar-refractivity contribution in [3.8, 4) is 11.4 Å². The molecule has 0 amide bonds. The van der Waals surface area contributed by atoms with E-state index in [4.69, 9.17) is 26.4 Å². The molecule has 27 heavy (non-hydrogen) atoms. The van der Waals surface area contributed by atoms with Crippen LogP contribution in [0.3, 0.4) is 0 Å². The summed E-state index contributed by atoms with van der Waals surface area (Å²) in [5.41, 5.74) is 2.88. The molecule has 0 aliphatic carbocycles. The van der Waals surface area contributed by atoms with Crippen molar-refractivity contribution in [2.24, 2.45) is 0 Å². The molecule has 6 nitrogen and oxygen atoms in total. The fraction of sp³-hybridized carbons (Fsp3) is 0.600. The molecule has 1 heterocycles. The third kappa shape index (κ3) is 5.40. The van der Waals surface area contributed by atoms with Crippen LogP contribution in [0.5, 0.6) is 5.75 Å². The van der Waals surface area contributed by atoms with Crippen molar-refractivity contribution >= 4 is 12.2 Å². The minimum Gasteiger partial charge on any atom is -0.467 e. The van der Waals surface area contributed by atoms with E-state index in [-0.39, 0.29) is 17.6 Å². The van der Waals surface area contributed by atoms with Crippen molar-refractivity contribution in [2.45, 2.75) is 52.4 Å². The minimum absolute atomic E-state index is 0.125. The average molecular weight is 394 g/mol. The van der Waals surface area contributed by atoms with Crippen LogP contribution in [0.2, 0.25) is 0 Å². The maximum atomic E-state index is 6.13. The topological polar surface area (TPSA) is 61.3 Å². The van der Waals surface area contributed by atoms with E-state index < -0.39 is 0 Å². The molecule has 0 saturated heterocycles. The molecular weight excluding hydrogens is 362 g/mol. The highest BCUT2D eigenvalue weighted by Crippen LogP contribution is 2.41. The maximum Gasteiger partial charge on any atom is 0.220 e. The van der Waals surface area contributed by atoms with Gasteiger partial charge in [0.05, 0.1) is 18.9 Å². The number of rotatable bonds is 7. The fourth-order valence-electron chi connectivity index (χ4n) is 2.75. The highest BCUT2D eigenvalue weighted by Gasteiger charge is 2.28. The number of nitrogens with zero attached hydrogens (tertiary/aromatic N) is 2. The second-order valence-electron chi connectivity index (χ2n) is 8.54. The van der Waals surface area contributed by atoms with Crippen molar-refractivity contribution in [1.29, 1.82) is 0 Å². The highest BCUT2D eigenvalue weighted by atomic mass is 32.1. The van der Waals surface area contributed by atoms with E-state index in [0.717, 1.165) is 22.6 Å². The quantitative estimate of drug-likeness (QED) is 0.426. The van der Waals surface area contributed by atoms with Gasteiger partial charge in [-0.1, -0.05) is 41.5 Å². The molecule has 7 heteroatoms. The molecule has 0 aliphatic rings. The third-order valence-electron chi connectivity index (χ3n) is 4.22. The number of hydrogen-bond acceptors (Lipinski definition) is 5. The van der Waals surface area contributed by atoms with Gasteiger partial charge in [0.1, 0.15) is 12.1 Å². The molecule has 1 N–H and O–H groups in total. The van der Waals surface area contributed by atoms with Crippen molar-refractivity contribution in [2.75, 3.05) is 27.1 Å². The van der Waals surface area contributed by atoms with Gasteiger partial charge in [-0.25, -0.2) is 9.67 Å². The first-order chi connectivity index (χ1) is 12.6. The summed E-state index contributed by atoms with van der Waals surface area (Å²) in [5, 5.41) is 3.09. The molecule has 0 spiro atoms. The van der Waals surface area contributed by atoms with Crippen LogP contribution in [0.4, 0.5) is 0 Å². The number of benzene rings is 1. The first-order valence-electron chi connectivity index (χ1n) is 9.07. The number of nitrogens with one attached hydrogen (secondary N) is 1. The first kappa shape index (κ1) is 21.6. The molecular formula is C20H31N3O3S. The molecule has 1 aromatic carbocycles. The number of methoxy groups -OCH3 is 1. The summed E-state index contributed by atoms with van der Waals surface area (Å²) in [6, 6.07) is 4.21. The molecule has 2 rings (SSSR count). The zero-order valence-electron chi connectivity index (χ0n) is 17.4. The lowest BCUT2D eigenvalue weighted by Gasteiger charge is -2.30. The van der Waals surface area contributed by atoms with Gasteiger partial charge in [0.25, 0.3) is 0 Å². The summed E-state index contributed by atoms with van der Waals surface area (Å²) in [6.45, 7) is 14.2. The summed E-state index contributed by atoms with van der Waals surface area (Å²) in [6.07, 6.45) is 1.60. The van der Waals surface area contributed by atoms with E-state index in [0.29, 0.717) is 18.0 Å². The van der Waals surface area contributed by atoms with Gasteiger partial charge in [0, 0.05) is 18.2 Å². The van der Waals surface area contributed by atoms with Gasteiger partial charge in [0.2, 0.25) is 4.77 Å². The van der Waals surface area contributed by atoms with Crippen LogP contribution in [0.25, 0.3) is 5.69 Å². The summed E-state index contributed by atoms with van der Waals surface area (Å²) >= 11 is 5.34. The van der Waals surface area contributed by atoms with E-state index in [1.54, 1.807) is 18.1 Å². The van der Waals surface area contributed by atoms with E-state index in [1.165, 1.54) is 0 Å². The first-order valence-corrected chi connectivity index (χ1v) is 9.48. The van der Waals surface area contributed by atoms with E-state index in [9.17, 15) is 0 Å². The van der Waals surface area contributed by atoms with Gasteiger partial charge < -0.3 is 14.2 Å². The largest absolute Gasteiger partial charge is 0.467 e. The third-order valence-corrected chi connectivity index (χ3v) is 4.51. The Morgan fingerprint density at radius 2 is 1.63 bits per heavy atom. The van der Waals surface area contributed by atoms with Crippen molar-refractivity contribution in [3.05, 3.63) is 34.4 Å². The predicted octanol–water partition coefficient (Wildman–Crippen LogP) is 4.52. The molecule has 0 bridgehead atoms. The summed E-state index contributed by atoms with van der Waals surface area (Å²) in [5.74, 6) is 0.863. The Labute approximate surface area is 166 Å². The van der Waals surface area contributed by atoms with Crippen LogP contribution in [-0.2, 0) is 20.3 Å². The molecule has 0 saturated carbocycles. The van der Waals surface area contributed by atoms with Crippen LogP contribution in [-0.4, -0.2) is 41.9 Å². The van der Waals surface area contributed by atoms with Gasteiger partial charge >= 0.3 is 0 Å². The predicted molar refractivity (Wildman–Crippen MR) is 109 cm³/mol. The molecule has 0 atom stereocenters. The Hall–Kier alpha value is -1.70. The Balaban J connectivity index is 2.55. The van der Waals surface area contributed by atoms with Crippen LogP contribution in [0, 0.1) is 4.77 Å². The number of ether oxygens (including phenoxy) is 3. The summed E-state index contributed by atoms with van der Waals surface area (Å²) < 4.78 is 19.0. The van der Waals surface area contributed by atoms with Gasteiger partial charge in [0.15, 0.2) is 6.79 Å². The Bertz CT molecular complexity index is 778. The Morgan fingerprint density at radius 3 is 2.07 bits per heavy atom. The van der Waals surface area contributed by atoms with E-state index in [1.807, 2.05) is 0 Å². The molecule has 0 aliphatic heterocycles. The molecule has 2 aromatic rings. The van der Waals surface area contributed by atoms with Gasteiger partial charge in [-0.15, -0.1) is 0 Å². The van der Waals surface area contributed by atoms with Crippen LogP contribution < -0.4 is 4.74 Å². The highest BCUT2D eigenvalue weighted by molar-refractivity contribution is 7.71. The van der Waals surface area contributed by atoms with Crippen molar-refractivity contribution < 1.29 is 14.2 Å². The number of hydrogen-bond donors (Lipinski definition) is 1. The van der Waals surface area contributed by atoms with E-state index >= 15 is 0 Å². The number of H-pyrrole nitrogens is 1. The lowest BCUT2D eigenvalue weighted by molar-refractivity contribution is -0.00992. The van der Waals surface area contributed by atoms with Crippen LogP contribution in [0.15, 0.2) is 18.5 Å². The second kappa shape index (κ2) is 8.54. The zero-order valence-corrected chi connectivity index (χ0v) is 18.2. The monoisotopic (exact) mass is 393 g/mol. The summed E-state index contributed by atoms with van der Waals surface area (Å²) in [7, 11) is 1.65. The Kier molecular flexibility index (Phi) is 6.83. The smallest absolute Gasteiger partial charge is 0.220 e. The van der Waals surface area contributed by atoms with Gasteiger partial charge in [-0.2, -0.15) is 0 Å². The molecule has 0 unspecified atom stereocenters. The van der Waals surface area contributed by atoms with Crippen molar-refractivity contribution in [1.82, 2.24) is 14.8 Å². The molecule has 0 radical (unpaired) electrons. The molecule has 1 aromatic heterocycles. The standard InChI is InChI=1S/C20H31N3O3S/c1-19(2,3)15-10-14(23-18(27)21-12-22-23)11-16(20(4,5)6)17(15)26-13-25-9-8-24-7/h10-12H,8-9,13H2,1-7H3,(H,21,22,27). The average Bonchev–Trinajstić information content (AvgIpc) is 2.98. The lowest BCUT2D eigenvalue weighted by atomic mass is 9.79. The number of aromatic nitrogens is 3. The normalized spacial score (nSPS) is 12.4.